The van der Waals surface area contributed by atoms with Crippen LogP contribution in [-0.2, 0) is 6.54 Å². The molecule has 5 aromatic rings. The van der Waals surface area contributed by atoms with E-state index in [1.807, 2.05) is 84.3 Å². The Bertz CT molecular complexity index is 1580. The first kappa shape index (κ1) is 21.0. The Kier molecular flexibility index (Phi) is 4.99. The second-order valence-corrected chi connectivity index (χ2v) is 8.47. The molecule has 1 aliphatic rings. The molecular weight excluding hydrogens is 442 g/mol. The van der Waals surface area contributed by atoms with Crippen LogP contribution >= 0.6 is 0 Å². The maximum atomic E-state index is 13.5. The van der Waals surface area contributed by atoms with Gasteiger partial charge in [0.15, 0.2) is 17.1 Å². The second kappa shape index (κ2) is 8.32. The number of carbonyl (C=O) groups is 1. The smallest absolute Gasteiger partial charge is 0.257 e. The lowest BCUT2D eigenvalue weighted by molar-refractivity contribution is 0.0953. The van der Waals surface area contributed by atoms with Crippen molar-refractivity contribution >= 4 is 33.9 Å². The van der Waals surface area contributed by atoms with E-state index in [1.54, 1.807) is 0 Å². The van der Waals surface area contributed by atoms with Crippen LogP contribution in [0, 0.1) is 0 Å². The molecule has 1 atom stereocenters. The summed E-state index contributed by atoms with van der Waals surface area (Å²) >= 11 is 0. The zero-order chi connectivity index (χ0) is 23.9. The number of amides is 1. The molecule has 174 valence electrons. The topological polar surface area (TPSA) is 104 Å². The molecule has 2 aromatic heterocycles. The Morgan fingerprint density at radius 2 is 1.71 bits per heavy atom. The molecule has 8 heteroatoms. The number of nitrogens with one attached hydrogen (secondary N) is 1. The maximum absolute atomic E-state index is 13.5. The van der Waals surface area contributed by atoms with E-state index in [0.29, 0.717) is 46.1 Å². The Morgan fingerprint density at radius 1 is 1.00 bits per heavy atom. The highest BCUT2D eigenvalue weighted by Gasteiger charge is 2.27. The van der Waals surface area contributed by atoms with E-state index >= 15 is 0 Å². The number of nitrogens with zero attached hydrogens (tertiary/aromatic N) is 3. The standard InChI is InChI=1S/C27H23N5O3/c1-16(18-7-3-2-4-8-18)32-25(28)23(24-26(32)31-20-10-6-5-9-19(20)30-24)27(33)29-14-17-11-12-21-22(13-17)35-15-34-21/h2-13,16H,14-15,28H2,1H3,(H,29,33). The summed E-state index contributed by atoms with van der Waals surface area (Å²) in [5.41, 5.74) is 11.4. The summed E-state index contributed by atoms with van der Waals surface area (Å²) in [5, 5.41) is 2.98. The van der Waals surface area contributed by atoms with Crippen molar-refractivity contribution < 1.29 is 14.3 Å². The monoisotopic (exact) mass is 465 g/mol. The van der Waals surface area contributed by atoms with Crippen LogP contribution in [0.3, 0.4) is 0 Å². The molecule has 1 aliphatic heterocycles. The fourth-order valence-electron chi connectivity index (χ4n) is 4.50. The van der Waals surface area contributed by atoms with Gasteiger partial charge in [-0.05, 0) is 42.3 Å². The number of fused-ring (bicyclic) bond motifs is 3. The van der Waals surface area contributed by atoms with Gasteiger partial charge in [0.2, 0.25) is 6.79 Å². The van der Waals surface area contributed by atoms with Crippen molar-refractivity contribution in [3.63, 3.8) is 0 Å². The average molecular weight is 466 g/mol. The zero-order valence-corrected chi connectivity index (χ0v) is 19.1. The molecule has 0 saturated carbocycles. The minimum atomic E-state index is -0.311. The van der Waals surface area contributed by atoms with E-state index in [9.17, 15) is 4.79 Å². The van der Waals surface area contributed by atoms with Gasteiger partial charge in [-0.2, -0.15) is 0 Å². The van der Waals surface area contributed by atoms with Gasteiger partial charge in [0.05, 0.1) is 17.1 Å². The van der Waals surface area contributed by atoms with Crippen LogP contribution in [0.2, 0.25) is 0 Å². The summed E-state index contributed by atoms with van der Waals surface area (Å²) in [7, 11) is 0. The number of para-hydroxylation sites is 2. The van der Waals surface area contributed by atoms with Crippen LogP contribution in [0.1, 0.15) is 34.5 Å². The molecule has 0 radical (unpaired) electrons. The number of hydrogen-bond donors (Lipinski definition) is 2. The van der Waals surface area contributed by atoms with Crippen molar-refractivity contribution in [2.75, 3.05) is 12.5 Å². The van der Waals surface area contributed by atoms with Gasteiger partial charge in [0.1, 0.15) is 16.9 Å². The van der Waals surface area contributed by atoms with Gasteiger partial charge >= 0.3 is 0 Å². The first-order valence-electron chi connectivity index (χ1n) is 11.4. The zero-order valence-electron chi connectivity index (χ0n) is 19.1. The molecule has 35 heavy (non-hydrogen) atoms. The third kappa shape index (κ3) is 3.59. The number of nitrogen functional groups attached to an aromatic ring is 1. The van der Waals surface area contributed by atoms with Crippen molar-refractivity contribution in [3.05, 3.63) is 89.5 Å². The molecule has 3 N–H and O–H groups in total. The molecule has 3 heterocycles. The van der Waals surface area contributed by atoms with E-state index < -0.39 is 0 Å². The highest BCUT2D eigenvalue weighted by atomic mass is 16.7. The molecular formula is C27H23N5O3. The van der Waals surface area contributed by atoms with Gasteiger partial charge in [-0.3, -0.25) is 4.79 Å². The van der Waals surface area contributed by atoms with Gasteiger partial charge in [-0.1, -0.05) is 48.5 Å². The number of carbonyl (C=O) groups excluding carboxylic acids is 1. The summed E-state index contributed by atoms with van der Waals surface area (Å²) < 4.78 is 12.7. The van der Waals surface area contributed by atoms with Gasteiger partial charge in [-0.25, -0.2) is 9.97 Å². The second-order valence-electron chi connectivity index (χ2n) is 8.47. The number of nitrogens with two attached hydrogens (primary N) is 1. The summed E-state index contributed by atoms with van der Waals surface area (Å²) in [6, 6.07) is 23.0. The molecule has 0 bridgehead atoms. The van der Waals surface area contributed by atoms with E-state index in [4.69, 9.17) is 25.2 Å². The number of hydrogen-bond acceptors (Lipinski definition) is 6. The Balaban J connectivity index is 1.42. The van der Waals surface area contributed by atoms with E-state index in [1.165, 1.54) is 0 Å². The quantitative estimate of drug-likeness (QED) is 0.398. The predicted octanol–water partition coefficient (Wildman–Crippen LogP) is 4.43. The van der Waals surface area contributed by atoms with Crippen molar-refractivity contribution in [1.29, 1.82) is 0 Å². The fraction of sp³-hybridized carbons (Fsp3) is 0.148. The highest BCUT2D eigenvalue weighted by molar-refractivity contribution is 6.10. The van der Waals surface area contributed by atoms with Gasteiger partial charge in [0.25, 0.3) is 5.91 Å². The summed E-state index contributed by atoms with van der Waals surface area (Å²) in [6.45, 7) is 2.54. The molecule has 6 rings (SSSR count). The molecule has 1 amide bonds. The molecule has 0 saturated heterocycles. The molecule has 1 unspecified atom stereocenters. The van der Waals surface area contributed by atoms with Crippen LogP contribution in [0.4, 0.5) is 5.82 Å². The van der Waals surface area contributed by atoms with Crippen molar-refractivity contribution in [2.24, 2.45) is 0 Å². The molecule has 8 nitrogen and oxygen atoms in total. The summed E-state index contributed by atoms with van der Waals surface area (Å²) in [4.78, 5) is 23.1. The van der Waals surface area contributed by atoms with Crippen LogP contribution in [0.5, 0.6) is 11.5 Å². The fourth-order valence-corrected chi connectivity index (χ4v) is 4.50. The van der Waals surface area contributed by atoms with Gasteiger partial charge in [0, 0.05) is 6.54 Å². The maximum Gasteiger partial charge on any atom is 0.257 e. The lowest BCUT2D eigenvalue weighted by Gasteiger charge is -2.17. The number of benzene rings is 3. The average Bonchev–Trinajstić information content (AvgIpc) is 3.47. The third-order valence-electron chi connectivity index (χ3n) is 6.32. The molecule has 0 fully saturated rings. The van der Waals surface area contributed by atoms with Crippen LogP contribution < -0.4 is 20.5 Å². The van der Waals surface area contributed by atoms with Crippen LogP contribution in [0.25, 0.3) is 22.2 Å². The van der Waals surface area contributed by atoms with Crippen LogP contribution in [0.15, 0.2) is 72.8 Å². The van der Waals surface area contributed by atoms with E-state index in [2.05, 4.69) is 5.32 Å². The van der Waals surface area contributed by atoms with Crippen molar-refractivity contribution in [2.45, 2.75) is 19.5 Å². The third-order valence-corrected chi connectivity index (χ3v) is 6.32. The predicted molar refractivity (Wildman–Crippen MR) is 133 cm³/mol. The highest BCUT2D eigenvalue weighted by Crippen LogP contribution is 2.34. The van der Waals surface area contributed by atoms with Crippen molar-refractivity contribution in [3.8, 4) is 11.5 Å². The number of rotatable bonds is 5. The first-order valence-corrected chi connectivity index (χ1v) is 11.4. The molecule has 3 aromatic carbocycles. The Morgan fingerprint density at radius 3 is 2.51 bits per heavy atom. The largest absolute Gasteiger partial charge is 0.454 e. The number of ether oxygens (including phenoxy) is 2. The van der Waals surface area contributed by atoms with E-state index in [0.717, 1.165) is 16.6 Å². The van der Waals surface area contributed by atoms with E-state index in [-0.39, 0.29) is 18.7 Å². The lowest BCUT2D eigenvalue weighted by Crippen LogP contribution is -2.24. The minimum Gasteiger partial charge on any atom is -0.454 e. The van der Waals surface area contributed by atoms with Crippen LogP contribution in [-0.4, -0.2) is 27.2 Å². The summed E-state index contributed by atoms with van der Waals surface area (Å²) in [6.07, 6.45) is 0. The van der Waals surface area contributed by atoms with Gasteiger partial charge in [-0.15, -0.1) is 0 Å². The first-order chi connectivity index (χ1) is 17.1. The van der Waals surface area contributed by atoms with Crippen molar-refractivity contribution in [1.82, 2.24) is 19.9 Å². The SMILES string of the molecule is CC(c1ccccc1)n1c(N)c(C(=O)NCc2ccc3c(c2)OCO3)c2nc3ccccc3nc21. The number of anilines is 1. The Labute approximate surface area is 201 Å². The minimum absolute atomic E-state index is 0.149. The Hall–Kier alpha value is -4.59. The summed E-state index contributed by atoms with van der Waals surface area (Å²) in [5.74, 6) is 1.38. The normalized spacial score (nSPS) is 13.3. The molecule has 0 spiro atoms. The lowest BCUT2D eigenvalue weighted by atomic mass is 10.1. The van der Waals surface area contributed by atoms with Gasteiger partial charge < -0.3 is 25.1 Å². The molecule has 0 aliphatic carbocycles. The number of aromatic nitrogens is 3.